The highest BCUT2D eigenvalue weighted by Gasteiger charge is 2.35. The van der Waals surface area contributed by atoms with Gasteiger partial charge in [0.2, 0.25) is 0 Å². The Labute approximate surface area is 155 Å². The Hall–Kier alpha value is -2.08. The smallest absolute Gasteiger partial charge is 0.123 e. The number of aliphatic hydroxyl groups is 1. The quantitative estimate of drug-likeness (QED) is 0.678. The lowest BCUT2D eigenvalue weighted by molar-refractivity contribution is 0.243. The van der Waals surface area contributed by atoms with E-state index in [1.807, 2.05) is 24.3 Å². The van der Waals surface area contributed by atoms with E-state index >= 15 is 0 Å². The van der Waals surface area contributed by atoms with Crippen LogP contribution in [0.15, 0.2) is 48.5 Å². The molecular weight excluding hydrogens is 328 g/mol. The maximum absolute atomic E-state index is 9.44. The molecule has 0 aromatic heterocycles. The van der Waals surface area contributed by atoms with Crippen molar-refractivity contribution in [2.24, 2.45) is 5.92 Å². The number of methoxy groups -OCH3 is 2. The minimum Gasteiger partial charge on any atom is -0.497 e. The fourth-order valence-corrected chi connectivity index (χ4v) is 3.77. The van der Waals surface area contributed by atoms with Crippen molar-refractivity contribution >= 4 is 0 Å². The van der Waals surface area contributed by atoms with E-state index in [1.54, 1.807) is 14.2 Å². The van der Waals surface area contributed by atoms with Gasteiger partial charge in [0.15, 0.2) is 0 Å². The summed E-state index contributed by atoms with van der Waals surface area (Å²) in [4.78, 5) is 0. The van der Waals surface area contributed by atoms with E-state index in [1.165, 1.54) is 5.56 Å². The lowest BCUT2D eigenvalue weighted by atomic mass is 9.91. The van der Waals surface area contributed by atoms with Crippen LogP contribution >= 0.6 is 0 Å². The van der Waals surface area contributed by atoms with Gasteiger partial charge in [-0.15, -0.1) is 0 Å². The Balaban J connectivity index is 1.78. The third-order valence-corrected chi connectivity index (χ3v) is 5.14. The predicted octanol–water partition coefficient (Wildman–Crippen LogP) is 2.51. The minimum absolute atomic E-state index is 0.203. The first kappa shape index (κ1) is 18.7. The van der Waals surface area contributed by atoms with Gasteiger partial charge in [-0.2, -0.15) is 0 Å². The first-order valence-electron chi connectivity index (χ1n) is 9.10. The van der Waals surface area contributed by atoms with Gasteiger partial charge in [0.1, 0.15) is 11.5 Å². The van der Waals surface area contributed by atoms with E-state index in [-0.39, 0.29) is 18.7 Å². The molecule has 2 aromatic carbocycles. The molecule has 1 saturated heterocycles. The number of benzene rings is 2. The molecule has 1 aliphatic rings. The molecule has 26 heavy (non-hydrogen) atoms. The third kappa shape index (κ3) is 4.18. The van der Waals surface area contributed by atoms with Gasteiger partial charge in [0, 0.05) is 37.3 Å². The van der Waals surface area contributed by atoms with Crippen LogP contribution in [-0.2, 0) is 6.54 Å². The summed E-state index contributed by atoms with van der Waals surface area (Å²) in [6.07, 6.45) is 0.781. The normalized spacial score (nSPS) is 22.3. The van der Waals surface area contributed by atoms with E-state index in [2.05, 4.69) is 34.9 Å². The summed E-state index contributed by atoms with van der Waals surface area (Å²) >= 11 is 0. The van der Waals surface area contributed by atoms with Crippen molar-refractivity contribution in [1.29, 1.82) is 0 Å². The number of ether oxygens (including phenoxy) is 2. The maximum atomic E-state index is 9.44. The molecule has 5 nitrogen and oxygen atoms in total. The zero-order valence-corrected chi connectivity index (χ0v) is 15.4. The van der Waals surface area contributed by atoms with Gasteiger partial charge >= 0.3 is 0 Å². The Morgan fingerprint density at radius 3 is 2.62 bits per heavy atom. The predicted molar refractivity (Wildman–Crippen MR) is 103 cm³/mol. The average molecular weight is 356 g/mol. The number of hydrogen-bond donors (Lipinski definition) is 3. The molecule has 140 valence electrons. The highest BCUT2D eigenvalue weighted by molar-refractivity contribution is 5.40. The second kappa shape index (κ2) is 9.03. The minimum atomic E-state index is 0.203. The van der Waals surface area contributed by atoms with Gasteiger partial charge in [-0.25, -0.2) is 0 Å². The number of aliphatic hydroxyl groups excluding tert-OH is 1. The Kier molecular flexibility index (Phi) is 6.50. The molecule has 0 radical (unpaired) electrons. The molecule has 2 aromatic rings. The van der Waals surface area contributed by atoms with Crippen LogP contribution in [0.4, 0.5) is 0 Å². The third-order valence-electron chi connectivity index (χ3n) is 5.14. The first-order chi connectivity index (χ1) is 12.8. The number of rotatable bonds is 8. The van der Waals surface area contributed by atoms with Gasteiger partial charge in [-0.3, -0.25) is 0 Å². The van der Waals surface area contributed by atoms with Crippen LogP contribution in [0, 0.1) is 5.92 Å². The molecule has 3 rings (SSSR count). The second-order valence-corrected chi connectivity index (χ2v) is 6.65. The van der Waals surface area contributed by atoms with Crippen LogP contribution in [0.5, 0.6) is 11.5 Å². The summed E-state index contributed by atoms with van der Waals surface area (Å²) in [5.41, 5.74) is 2.33. The van der Waals surface area contributed by atoms with Crippen molar-refractivity contribution in [2.75, 3.05) is 27.4 Å². The lowest BCUT2D eigenvalue weighted by Gasteiger charge is -2.26. The van der Waals surface area contributed by atoms with Gasteiger partial charge in [0.25, 0.3) is 0 Å². The zero-order chi connectivity index (χ0) is 18.4. The molecule has 1 aliphatic heterocycles. The molecular formula is C21H28N2O3. The molecule has 0 bridgehead atoms. The van der Waals surface area contributed by atoms with Crippen LogP contribution in [-0.4, -0.2) is 38.5 Å². The SMILES string of the molecule is COc1ccc(OC)c(CNC2C(CCO)CNC2c2ccccc2)c1. The van der Waals surface area contributed by atoms with E-state index < -0.39 is 0 Å². The summed E-state index contributed by atoms with van der Waals surface area (Å²) in [5.74, 6) is 2.04. The van der Waals surface area contributed by atoms with Crippen molar-refractivity contribution in [3.63, 3.8) is 0 Å². The van der Waals surface area contributed by atoms with Crippen molar-refractivity contribution < 1.29 is 14.6 Å². The van der Waals surface area contributed by atoms with E-state index in [4.69, 9.17) is 9.47 Å². The molecule has 3 N–H and O–H groups in total. The van der Waals surface area contributed by atoms with E-state index in [9.17, 15) is 5.11 Å². The van der Waals surface area contributed by atoms with E-state index in [0.29, 0.717) is 12.5 Å². The van der Waals surface area contributed by atoms with Gasteiger partial charge in [0.05, 0.1) is 14.2 Å². The maximum Gasteiger partial charge on any atom is 0.123 e. The largest absolute Gasteiger partial charge is 0.497 e. The topological polar surface area (TPSA) is 62.8 Å². The highest BCUT2D eigenvalue weighted by Crippen LogP contribution is 2.31. The van der Waals surface area contributed by atoms with Crippen molar-refractivity contribution in [3.05, 3.63) is 59.7 Å². The first-order valence-corrected chi connectivity index (χ1v) is 9.10. The second-order valence-electron chi connectivity index (χ2n) is 6.65. The standard InChI is InChI=1S/C21H28N2O3/c1-25-18-8-9-19(26-2)17(12-18)14-23-21-16(10-11-24)13-22-20(21)15-6-4-3-5-7-15/h3-9,12,16,20-24H,10-11,13-14H2,1-2H3. The van der Waals surface area contributed by atoms with Crippen molar-refractivity contribution in [3.8, 4) is 11.5 Å². The monoisotopic (exact) mass is 356 g/mol. The van der Waals surface area contributed by atoms with Gasteiger partial charge in [-0.1, -0.05) is 30.3 Å². The summed E-state index contributed by atoms with van der Waals surface area (Å²) in [6, 6.07) is 16.8. The lowest BCUT2D eigenvalue weighted by Crippen LogP contribution is -2.38. The Bertz CT molecular complexity index is 693. The van der Waals surface area contributed by atoms with Crippen LogP contribution in [0.1, 0.15) is 23.6 Å². The summed E-state index contributed by atoms with van der Waals surface area (Å²) in [7, 11) is 3.35. The number of nitrogens with one attached hydrogen (secondary N) is 2. The van der Waals surface area contributed by atoms with Crippen LogP contribution in [0.25, 0.3) is 0 Å². The molecule has 0 saturated carbocycles. The summed E-state index contributed by atoms with van der Waals surface area (Å²) in [6.45, 7) is 1.78. The van der Waals surface area contributed by atoms with Crippen LogP contribution in [0.3, 0.4) is 0 Å². The summed E-state index contributed by atoms with van der Waals surface area (Å²) in [5, 5.41) is 16.8. The van der Waals surface area contributed by atoms with Crippen LogP contribution in [0.2, 0.25) is 0 Å². The molecule has 5 heteroatoms. The molecule has 3 unspecified atom stereocenters. The average Bonchev–Trinajstić information content (AvgIpc) is 3.09. The Morgan fingerprint density at radius 2 is 1.92 bits per heavy atom. The fourth-order valence-electron chi connectivity index (χ4n) is 3.77. The molecule has 0 amide bonds. The molecule has 1 heterocycles. The van der Waals surface area contributed by atoms with Crippen molar-refractivity contribution in [2.45, 2.75) is 25.0 Å². The van der Waals surface area contributed by atoms with Crippen molar-refractivity contribution in [1.82, 2.24) is 10.6 Å². The molecule has 0 aliphatic carbocycles. The number of hydrogen-bond acceptors (Lipinski definition) is 5. The Morgan fingerprint density at radius 1 is 1.12 bits per heavy atom. The highest BCUT2D eigenvalue weighted by atomic mass is 16.5. The molecule has 0 spiro atoms. The molecule has 1 fully saturated rings. The van der Waals surface area contributed by atoms with Gasteiger partial charge < -0.3 is 25.2 Å². The molecule has 3 atom stereocenters. The van der Waals surface area contributed by atoms with Crippen LogP contribution < -0.4 is 20.1 Å². The summed E-state index contributed by atoms with van der Waals surface area (Å²) < 4.78 is 10.8. The zero-order valence-electron chi connectivity index (χ0n) is 15.4. The van der Waals surface area contributed by atoms with E-state index in [0.717, 1.165) is 30.0 Å². The fraction of sp³-hybridized carbons (Fsp3) is 0.429. The van der Waals surface area contributed by atoms with Gasteiger partial charge in [-0.05, 0) is 36.1 Å².